The second kappa shape index (κ2) is 7.84. The highest BCUT2D eigenvalue weighted by atomic mass is 32.1. The van der Waals surface area contributed by atoms with Crippen molar-refractivity contribution in [2.75, 3.05) is 21.3 Å². The molecule has 142 valence electrons. The molecule has 0 N–H and O–H groups in total. The van der Waals surface area contributed by atoms with Crippen LogP contribution in [0, 0.1) is 6.92 Å². The largest absolute Gasteiger partial charge is 0.497 e. The molecule has 1 aromatic heterocycles. The SMILES string of the molecule is CCn1c(=NC(=O)c2ccc(OC)cc2OC)sc2c(C)ccc(OC)c21. The van der Waals surface area contributed by atoms with E-state index >= 15 is 0 Å². The van der Waals surface area contributed by atoms with E-state index in [1.54, 1.807) is 32.4 Å². The third-order valence-corrected chi connectivity index (χ3v) is 5.57. The molecule has 0 unspecified atom stereocenters. The number of rotatable bonds is 5. The van der Waals surface area contributed by atoms with Gasteiger partial charge in [-0.3, -0.25) is 4.79 Å². The molecular formula is C20H22N2O4S. The molecule has 6 nitrogen and oxygen atoms in total. The van der Waals surface area contributed by atoms with Crippen molar-refractivity contribution in [3.8, 4) is 17.2 Å². The molecule has 0 saturated carbocycles. The van der Waals surface area contributed by atoms with Crippen molar-refractivity contribution in [2.45, 2.75) is 20.4 Å². The van der Waals surface area contributed by atoms with E-state index in [0.29, 0.717) is 28.4 Å². The standard InChI is InChI=1S/C20H22N2O4S/c1-6-22-17-15(25-4)10-7-12(2)18(17)27-20(22)21-19(23)14-9-8-13(24-3)11-16(14)26-5/h7-11H,6H2,1-5H3. The van der Waals surface area contributed by atoms with Crippen LogP contribution in [0.15, 0.2) is 35.3 Å². The Kier molecular flexibility index (Phi) is 5.51. The fourth-order valence-electron chi connectivity index (χ4n) is 2.94. The first kappa shape index (κ1) is 19.0. The number of ether oxygens (including phenoxy) is 3. The number of aryl methyl sites for hydroxylation is 2. The Morgan fingerprint density at radius 3 is 2.44 bits per heavy atom. The third kappa shape index (κ3) is 3.42. The quantitative estimate of drug-likeness (QED) is 0.669. The molecule has 0 saturated heterocycles. The van der Waals surface area contributed by atoms with Gasteiger partial charge in [0.2, 0.25) is 0 Å². The van der Waals surface area contributed by atoms with E-state index in [9.17, 15) is 4.79 Å². The van der Waals surface area contributed by atoms with Crippen LogP contribution in [0.4, 0.5) is 0 Å². The van der Waals surface area contributed by atoms with Gasteiger partial charge < -0.3 is 18.8 Å². The summed E-state index contributed by atoms with van der Waals surface area (Å²) in [6.45, 7) is 4.73. The van der Waals surface area contributed by atoms with Crippen molar-refractivity contribution in [1.29, 1.82) is 0 Å². The van der Waals surface area contributed by atoms with E-state index in [2.05, 4.69) is 4.99 Å². The second-order valence-electron chi connectivity index (χ2n) is 5.87. The molecule has 0 radical (unpaired) electrons. The number of nitrogens with zero attached hydrogens (tertiary/aromatic N) is 2. The molecule has 0 aliphatic carbocycles. The maximum Gasteiger partial charge on any atom is 0.283 e. The summed E-state index contributed by atoms with van der Waals surface area (Å²) >= 11 is 1.48. The first-order valence-electron chi connectivity index (χ1n) is 8.52. The molecule has 0 aliphatic heterocycles. The highest BCUT2D eigenvalue weighted by Crippen LogP contribution is 2.30. The lowest BCUT2D eigenvalue weighted by Crippen LogP contribution is -2.16. The minimum absolute atomic E-state index is 0.361. The van der Waals surface area contributed by atoms with Gasteiger partial charge in [-0.2, -0.15) is 4.99 Å². The normalized spacial score (nSPS) is 11.7. The van der Waals surface area contributed by atoms with Crippen LogP contribution in [0.1, 0.15) is 22.8 Å². The summed E-state index contributed by atoms with van der Waals surface area (Å²) in [7, 11) is 4.73. The van der Waals surface area contributed by atoms with Gasteiger partial charge in [0.15, 0.2) is 4.80 Å². The molecule has 1 heterocycles. The van der Waals surface area contributed by atoms with E-state index < -0.39 is 0 Å². The molecular weight excluding hydrogens is 364 g/mol. The summed E-state index contributed by atoms with van der Waals surface area (Å²) in [6.07, 6.45) is 0. The van der Waals surface area contributed by atoms with Gasteiger partial charge in [-0.15, -0.1) is 0 Å². The summed E-state index contributed by atoms with van der Waals surface area (Å²) in [6, 6.07) is 9.01. The van der Waals surface area contributed by atoms with Gasteiger partial charge in [0.05, 0.1) is 31.6 Å². The highest BCUT2D eigenvalue weighted by Gasteiger charge is 2.16. The molecule has 0 bridgehead atoms. The van der Waals surface area contributed by atoms with E-state index in [1.807, 2.05) is 30.5 Å². The zero-order chi connectivity index (χ0) is 19.6. The minimum Gasteiger partial charge on any atom is -0.497 e. The predicted molar refractivity (Wildman–Crippen MR) is 106 cm³/mol. The van der Waals surface area contributed by atoms with Crippen LogP contribution in [0.2, 0.25) is 0 Å². The number of fused-ring (bicyclic) bond motifs is 1. The molecule has 0 fully saturated rings. The highest BCUT2D eigenvalue weighted by molar-refractivity contribution is 7.16. The monoisotopic (exact) mass is 386 g/mol. The summed E-state index contributed by atoms with van der Waals surface area (Å²) in [5, 5.41) is 0. The Hall–Kier alpha value is -2.80. The molecule has 7 heteroatoms. The maximum absolute atomic E-state index is 12.9. The lowest BCUT2D eigenvalue weighted by molar-refractivity contribution is 0.0995. The number of hydrogen-bond donors (Lipinski definition) is 0. The fraction of sp³-hybridized carbons (Fsp3) is 0.300. The smallest absolute Gasteiger partial charge is 0.283 e. The number of thiazole rings is 1. The van der Waals surface area contributed by atoms with Crippen LogP contribution in [-0.2, 0) is 6.54 Å². The van der Waals surface area contributed by atoms with Gasteiger partial charge in [-0.1, -0.05) is 17.4 Å². The Labute approximate surface area is 161 Å². The molecule has 3 rings (SSSR count). The number of carbonyl (C=O) groups is 1. The maximum atomic E-state index is 12.9. The number of hydrogen-bond acceptors (Lipinski definition) is 5. The summed E-state index contributed by atoms with van der Waals surface area (Å²) in [5.41, 5.74) is 2.47. The van der Waals surface area contributed by atoms with Gasteiger partial charge in [0, 0.05) is 12.6 Å². The molecule has 2 aromatic carbocycles. The van der Waals surface area contributed by atoms with Crippen molar-refractivity contribution in [1.82, 2.24) is 4.57 Å². The number of methoxy groups -OCH3 is 3. The van der Waals surface area contributed by atoms with E-state index in [4.69, 9.17) is 14.2 Å². The molecule has 27 heavy (non-hydrogen) atoms. The van der Waals surface area contributed by atoms with Gasteiger partial charge in [-0.25, -0.2) is 0 Å². The van der Waals surface area contributed by atoms with Crippen LogP contribution >= 0.6 is 11.3 Å². The van der Waals surface area contributed by atoms with Crippen LogP contribution in [0.5, 0.6) is 17.2 Å². The molecule has 0 aliphatic rings. The van der Waals surface area contributed by atoms with Crippen LogP contribution in [-0.4, -0.2) is 31.8 Å². The van der Waals surface area contributed by atoms with Gasteiger partial charge >= 0.3 is 0 Å². The summed E-state index contributed by atoms with van der Waals surface area (Å²) < 4.78 is 19.1. The van der Waals surface area contributed by atoms with E-state index in [-0.39, 0.29) is 5.91 Å². The topological polar surface area (TPSA) is 62.1 Å². The van der Waals surface area contributed by atoms with Gasteiger partial charge in [0.1, 0.15) is 22.8 Å². The Morgan fingerprint density at radius 2 is 1.81 bits per heavy atom. The lowest BCUT2D eigenvalue weighted by Gasteiger charge is -2.08. The van der Waals surface area contributed by atoms with E-state index in [1.165, 1.54) is 18.4 Å². The Balaban J connectivity index is 2.19. The number of carbonyl (C=O) groups excluding carboxylic acids is 1. The second-order valence-corrected chi connectivity index (χ2v) is 6.85. The predicted octanol–water partition coefficient (Wildman–Crippen LogP) is 3.80. The average Bonchev–Trinajstić information content (AvgIpc) is 3.06. The van der Waals surface area contributed by atoms with Crippen molar-refractivity contribution >= 4 is 27.5 Å². The average molecular weight is 386 g/mol. The molecule has 3 aromatic rings. The summed E-state index contributed by atoms with van der Waals surface area (Å²) in [4.78, 5) is 17.9. The number of benzene rings is 2. The zero-order valence-electron chi connectivity index (χ0n) is 16.0. The van der Waals surface area contributed by atoms with Crippen LogP contribution in [0.25, 0.3) is 10.2 Å². The first-order valence-corrected chi connectivity index (χ1v) is 9.33. The van der Waals surface area contributed by atoms with Crippen molar-refractivity contribution in [2.24, 2.45) is 4.99 Å². The van der Waals surface area contributed by atoms with Crippen molar-refractivity contribution in [3.05, 3.63) is 46.3 Å². The lowest BCUT2D eigenvalue weighted by atomic mass is 10.2. The van der Waals surface area contributed by atoms with Gasteiger partial charge in [-0.05, 0) is 37.6 Å². The van der Waals surface area contributed by atoms with Crippen LogP contribution in [0.3, 0.4) is 0 Å². The molecule has 0 atom stereocenters. The number of aromatic nitrogens is 1. The first-order chi connectivity index (χ1) is 13.0. The molecule has 0 spiro atoms. The van der Waals surface area contributed by atoms with Crippen molar-refractivity contribution < 1.29 is 19.0 Å². The van der Waals surface area contributed by atoms with Gasteiger partial charge in [0.25, 0.3) is 5.91 Å². The fourth-order valence-corrected chi connectivity index (χ4v) is 4.12. The van der Waals surface area contributed by atoms with Crippen LogP contribution < -0.4 is 19.0 Å². The van der Waals surface area contributed by atoms with E-state index in [0.717, 1.165) is 21.5 Å². The molecule has 1 amide bonds. The Bertz CT molecular complexity index is 1070. The zero-order valence-corrected chi connectivity index (χ0v) is 16.8. The Morgan fingerprint density at radius 1 is 1.07 bits per heavy atom. The minimum atomic E-state index is -0.361. The summed E-state index contributed by atoms with van der Waals surface area (Å²) in [5.74, 6) is 1.46. The number of amides is 1. The third-order valence-electron chi connectivity index (χ3n) is 4.36. The van der Waals surface area contributed by atoms with Crippen molar-refractivity contribution in [3.63, 3.8) is 0 Å².